The molecule has 0 aromatic heterocycles. The Hall–Kier alpha value is -0.220. The van der Waals surface area contributed by atoms with E-state index in [4.69, 9.17) is 0 Å². The zero-order valence-corrected chi connectivity index (χ0v) is 9.81. The van der Waals surface area contributed by atoms with Crippen molar-refractivity contribution < 1.29 is 9.90 Å². The molecule has 0 saturated carbocycles. The summed E-state index contributed by atoms with van der Waals surface area (Å²) in [6, 6.07) is 0. The number of thioether (sulfide) groups is 1. The van der Waals surface area contributed by atoms with Crippen molar-refractivity contribution in [1.82, 2.24) is 5.32 Å². The van der Waals surface area contributed by atoms with Gasteiger partial charge in [0.05, 0.1) is 0 Å². The molecular weight excluding hydrogens is 210 g/mol. The Labute approximate surface area is 95.0 Å². The highest BCUT2D eigenvalue weighted by atomic mass is 32.2. The fraction of sp³-hybridized carbons (Fsp3) is 0.909. The highest BCUT2D eigenvalue weighted by Gasteiger charge is 2.42. The van der Waals surface area contributed by atoms with Crippen LogP contribution in [-0.2, 0) is 4.79 Å². The Kier molecular flexibility index (Phi) is 3.57. The highest BCUT2D eigenvalue weighted by molar-refractivity contribution is 7.99. The third kappa shape index (κ3) is 2.48. The van der Waals surface area contributed by atoms with Gasteiger partial charge in [0, 0.05) is 0 Å². The molecule has 0 bridgehead atoms. The first-order valence-electron chi connectivity index (χ1n) is 5.79. The topological polar surface area (TPSA) is 49.3 Å². The van der Waals surface area contributed by atoms with Gasteiger partial charge in [-0.15, -0.1) is 0 Å². The van der Waals surface area contributed by atoms with Crippen molar-refractivity contribution in [3.05, 3.63) is 0 Å². The third-order valence-electron chi connectivity index (χ3n) is 3.54. The zero-order chi connectivity index (χ0) is 10.7. The fourth-order valence-corrected chi connectivity index (χ4v) is 3.87. The second-order valence-electron chi connectivity index (χ2n) is 4.70. The van der Waals surface area contributed by atoms with Crippen molar-refractivity contribution in [3.63, 3.8) is 0 Å². The van der Waals surface area contributed by atoms with E-state index in [1.165, 1.54) is 18.6 Å². The standard InChI is InChI=1S/C11H19NO2S/c13-10(14)11(4-2-5-12-11)7-9-3-1-6-15-8-9/h9,12H,1-8H2,(H,13,14). The molecular formula is C11H19NO2S. The lowest BCUT2D eigenvalue weighted by Gasteiger charge is -2.31. The molecule has 15 heavy (non-hydrogen) atoms. The summed E-state index contributed by atoms with van der Waals surface area (Å²) in [5.41, 5.74) is -0.595. The van der Waals surface area contributed by atoms with Crippen molar-refractivity contribution >= 4 is 17.7 Å². The molecule has 2 N–H and O–H groups in total. The minimum atomic E-state index is -0.643. The van der Waals surface area contributed by atoms with Gasteiger partial charge in [-0.3, -0.25) is 4.79 Å². The minimum Gasteiger partial charge on any atom is -0.480 e. The quantitative estimate of drug-likeness (QED) is 0.774. The number of rotatable bonds is 3. The average molecular weight is 229 g/mol. The molecule has 2 aliphatic rings. The molecule has 0 aromatic carbocycles. The van der Waals surface area contributed by atoms with Gasteiger partial charge >= 0.3 is 5.97 Å². The molecule has 2 heterocycles. The average Bonchev–Trinajstić information content (AvgIpc) is 2.69. The van der Waals surface area contributed by atoms with Crippen LogP contribution in [0.25, 0.3) is 0 Å². The Morgan fingerprint density at radius 2 is 2.40 bits per heavy atom. The van der Waals surface area contributed by atoms with Crippen molar-refractivity contribution in [1.29, 1.82) is 0 Å². The number of nitrogens with one attached hydrogen (secondary N) is 1. The fourth-order valence-electron chi connectivity index (χ4n) is 2.71. The van der Waals surface area contributed by atoms with Crippen LogP contribution in [0.2, 0.25) is 0 Å². The second kappa shape index (κ2) is 4.74. The predicted octanol–water partition coefficient (Wildman–Crippen LogP) is 1.73. The van der Waals surface area contributed by atoms with E-state index < -0.39 is 11.5 Å². The van der Waals surface area contributed by atoms with Gasteiger partial charge in [0.2, 0.25) is 0 Å². The number of carboxylic acid groups (broad SMARTS) is 1. The number of aliphatic carboxylic acids is 1. The molecule has 0 aromatic rings. The Morgan fingerprint density at radius 3 is 2.93 bits per heavy atom. The molecule has 4 heteroatoms. The van der Waals surface area contributed by atoms with E-state index in [2.05, 4.69) is 5.32 Å². The van der Waals surface area contributed by atoms with E-state index in [0.717, 1.165) is 31.6 Å². The summed E-state index contributed by atoms with van der Waals surface area (Å²) in [5.74, 6) is 2.36. The van der Waals surface area contributed by atoms with E-state index in [9.17, 15) is 9.90 Å². The molecule has 0 amide bonds. The van der Waals surface area contributed by atoms with Crippen LogP contribution in [0, 0.1) is 5.92 Å². The lowest BCUT2D eigenvalue weighted by molar-refractivity contribution is -0.145. The van der Waals surface area contributed by atoms with Crippen molar-refractivity contribution in [2.75, 3.05) is 18.1 Å². The smallest absolute Gasteiger partial charge is 0.323 e. The number of carbonyl (C=O) groups is 1. The molecule has 86 valence electrons. The SMILES string of the molecule is O=C(O)C1(CC2CCCSC2)CCCN1. The van der Waals surface area contributed by atoms with Crippen LogP contribution < -0.4 is 5.32 Å². The molecule has 2 unspecified atom stereocenters. The van der Waals surface area contributed by atoms with Gasteiger partial charge in [-0.25, -0.2) is 0 Å². The highest BCUT2D eigenvalue weighted by Crippen LogP contribution is 2.33. The summed E-state index contributed by atoms with van der Waals surface area (Å²) in [7, 11) is 0. The maximum Gasteiger partial charge on any atom is 0.323 e. The van der Waals surface area contributed by atoms with Gasteiger partial charge in [-0.05, 0) is 56.1 Å². The van der Waals surface area contributed by atoms with Crippen LogP contribution in [-0.4, -0.2) is 34.7 Å². The molecule has 2 fully saturated rings. The van der Waals surface area contributed by atoms with Gasteiger partial charge in [0.25, 0.3) is 0 Å². The van der Waals surface area contributed by atoms with Crippen LogP contribution in [0.5, 0.6) is 0 Å². The second-order valence-corrected chi connectivity index (χ2v) is 5.85. The molecule has 2 rings (SSSR count). The largest absolute Gasteiger partial charge is 0.480 e. The number of hydrogen-bond donors (Lipinski definition) is 2. The van der Waals surface area contributed by atoms with Gasteiger partial charge in [0.1, 0.15) is 5.54 Å². The summed E-state index contributed by atoms with van der Waals surface area (Å²) < 4.78 is 0. The Balaban J connectivity index is 1.96. The van der Waals surface area contributed by atoms with Crippen LogP contribution in [0.4, 0.5) is 0 Å². The first-order chi connectivity index (χ1) is 7.23. The lowest BCUT2D eigenvalue weighted by Crippen LogP contribution is -2.49. The third-order valence-corrected chi connectivity index (χ3v) is 4.83. The van der Waals surface area contributed by atoms with E-state index in [-0.39, 0.29) is 0 Å². The Morgan fingerprint density at radius 1 is 1.53 bits per heavy atom. The van der Waals surface area contributed by atoms with E-state index in [1.54, 1.807) is 0 Å². The molecule has 3 nitrogen and oxygen atoms in total. The lowest BCUT2D eigenvalue weighted by atomic mass is 9.85. The van der Waals surface area contributed by atoms with Crippen molar-refractivity contribution in [2.45, 2.75) is 37.6 Å². The van der Waals surface area contributed by atoms with E-state index in [1.807, 2.05) is 11.8 Å². The first-order valence-corrected chi connectivity index (χ1v) is 6.95. The molecule has 0 spiro atoms. The van der Waals surface area contributed by atoms with Gasteiger partial charge in [-0.2, -0.15) is 11.8 Å². The molecule has 2 atom stereocenters. The van der Waals surface area contributed by atoms with E-state index >= 15 is 0 Å². The zero-order valence-electron chi connectivity index (χ0n) is 9.00. The summed E-state index contributed by atoms with van der Waals surface area (Å²) in [6.07, 6.45) is 5.11. The van der Waals surface area contributed by atoms with Gasteiger partial charge in [0.15, 0.2) is 0 Å². The van der Waals surface area contributed by atoms with Crippen LogP contribution in [0.1, 0.15) is 32.1 Å². The summed E-state index contributed by atoms with van der Waals surface area (Å²) in [4.78, 5) is 11.3. The number of hydrogen-bond acceptors (Lipinski definition) is 3. The normalized spacial score (nSPS) is 36.7. The Bertz CT molecular complexity index is 233. The predicted molar refractivity (Wildman–Crippen MR) is 62.3 cm³/mol. The van der Waals surface area contributed by atoms with Crippen LogP contribution in [0.3, 0.4) is 0 Å². The van der Waals surface area contributed by atoms with Crippen LogP contribution in [0.15, 0.2) is 0 Å². The molecule has 2 saturated heterocycles. The molecule has 0 radical (unpaired) electrons. The first kappa shape index (κ1) is 11.3. The maximum atomic E-state index is 11.3. The maximum absolute atomic E-state index is 11.3. The summed E-state index contributed by atoms with van der Waals surface area (Å²) in [6.45, 7) is 0.867. The van der Waals surface area contributed by atoms with Crippen LogP contribution >= 0.6 is 11.8 Å². The molecule has 2 aliphatic heterocycles. The van der Waals surface area contributed by atoms with Crippen molar-refractivity contribution in [3.8, 4) is 0 Å². The minimum absolute atomic E-state index is 0.595. The van der Waals surface area contributed by atoms with Gasteiger partial charge < -0.3 is 10.4 Å². The van der Waals surface area contributed by atoms with Crippen molar-refractivity contribution in [2.24, 2.45) is 5.92 Å². The van der Waals surface area contributed by atoms with E-state index in [0.29, 0.717) is 5.92 Å². The summed E-state index contributed by atoms with van der Waals surface area (Å²) >= 11 is 1.98. The monoisotopic (exact) mass is 229 g/mol. The van der Waals surface area contributed by atoms with Gasteiger partial charge in [-0.1, -0.05) is 0 Å². The molecule has 0 aliphatic carbocycles. The number of carboxylic acids is 1. The summed E-state index contributed by atoms with van der Waals surface area (Å²) in [5, 5.41) is 12.5.